The van der Waals surface area contributed by atoms with E-state index in [0.29, 0.717) is 5.92 Å². The van der Waals surface area contributed by atoms with E-state index in [1.807, 2.05) is 4.90 Å². The average molecular weight is 299 g/mol. The molecule has 2 aliphatic rings. The highest BCUT2D eigenvalue weighted by Gasteiger charge is 2.30. The third-order valence-corrected chi connectivity index (χ3v) is 5.16. The van der Waals surface area contributed by atoms with Crippen LogP contribution in [0.15, 0.2) is 0 Å². The molecule has 1 amide bonds. The predicted molar refractivity (Wildman–Crippen MR) is 86.0 cm³/mol. The van der Waals surface area contributed by atoms with Gasteiger partial charge in [-0.05, 0) is 56.7 Å². The summed E-state index contributed by atoms with van der Waals surface area (Å²) in [7, 11) is 0. The number of hydrogen-bond donors (Lipinski definition) is 1. The van der Waals surface area contributed by atoms with Gasteiger partial charge in [0.1, 0.15) is 0 Å². The van der Waals surface area contributed by atoms with Gasteiger partial charge in [-0.1, -0.05) is 6.42 Å². The van der Waals surface area contributed by atoms with Gasteiger partial charge in [0, 0.05) is 19.6 Å². The van der Waals surface area contributed by atoms with Gasteiger partial charge in [-0.25, -0.2) is 0 Å². The second kappa shape index (κ2) is 8.25. The van der Waals surface area contributed by atoms with Crippen LogP contribution in [-0.2, 0) is 4.79 Å². The Hall–Kier alpha value is -0.260. The minimum Gasteiger partial charge on any atom is -0.341 e. The number of amides is 1. The van der Waals surface area contributed by atoms with Crippen molar-refractivity contribution in [3.8, 4) is 0 Å². The lowest BCUT2D eigenvalue weighted by Gasteiger charge is -2.29. The molecule has 116 valence electrons. The van der Waals surface area contributed by atoms with Crippen LogP contribution in [0.1, 0.15) is 32.1 Å². The molecule has 0 bridgehead atoms. The largest absolute Gasteiger partial charge is 0.341 e. The van der Waals surface area contributed by atoms with Crippen LogP contribution in [0.5, 0.6) is 0 Å². The summed E-state index contributed by atoms with van der Waals surface area (Å²) >= 11 is 1.76. The van der Waals surface area contributed by atoms with Crippen molar-refractivity contribution >= 4 is 17.7 Å². The third-order valence-electron chi connectivity index (χ3n) is 4.51. The normalized spacial score (nSPS) is 25.9. The Morgan fingerprint density at radius 2 is 2.05 bits per heavy atom. The second-order valence-electron chi connectivity index (χ2n) is 6.19. The molecule has 1 unspecified atom stereocenters. The monoisotopic (exact) mass is 299 g/mol. The smallest absolute Gasteiger partial charge is 0.239 e. The molecular weight excluding hydrogens is 270 g/mol. The summed E-state index contributed by atoms with van der Waals surface area (Å²) in [6.07, 6.45) is 8.08. The Morgan fingerprint density at radius 3 is 2.75 bits per heavy atom. The molecule has 2 saturated heterocycles. The minimum absolute atomic E-state index is 0.167. The third kappa shape index (κ3) is 4.64. The Labute approximate surface area is 127 Å². The van der Waals surface area contributed by atoms with Crippen molar-refractivity contribution in [2.24, 2.45) is 11.7 Å². The number of nitrogens with zero attached hydrogens (tertiary/aromatic N) is 2. The van der Waals surface area contributed by atoms with Crippen molar-refractivity contribution in [3.05, 3.63) is 0 Å². The summed E-state index contributed by atoms with van der Waals surface area (Å²) in [5, 5.41) is 0. The van der Waals surface area contributed by atoms with E-state index in [1.165, 1.54) is 38.9 Å². The quantitative estimate of drug-likeness (QED) is 0.805. The van der Waals surface area contributed by atoms with Crippen molar-refractivity contribution in [3.63, 3.8) is 0 Å². The molecule has 0 aromatic heterocycles. The van der Waals surface area contributed by atoms with E-state index in [-0.39, 0.29) is 11.9 Å². The molecule has 2 N–H and O–H groups in total. The average Bonchev–Trinajstić information content (AvgIpc) is 2.93. The van der Waals surface area contributed by atoms with E-state index in [4.69, 9.17) is 5.73 Å². The Balaban J connectivity index is 1.72. The van der Waals surface area contributed by atoms with Gasteiger partial charge in [-0.3, -0.25) is 4.79 Å². The number of hydrogen-bond acceptors (Lipinski definition) is 4. The first kappa shape index (κ1) is 16.1. The fourth-order valence-corrected chi connectivity index (χ4v) is 3.78. The highest BCUT2D eigenvalue weighted by Crippen LogP contribution is 2.20. The molecule has 2 atom stereocenters. The summed E-state index contributed by atoms with van der Waals surface area (Å²) in [5.41, 5.74) is 6.00. The Morgan fingerprint density at radius 1 is 1.30 bits per heavy atom. The minimum atomic E-state index is -0.295. The highest BCUT2D eigenvalue weighted by molar-refractivity contribution is 7.98. The lowest BCUT2D eigenvalue weighted by Crippen LogP contribution is -2.43. The molecule has 0 aromatic rings. The van der Waals surface area contributed by atoms with E-state index < -0.39 is 0 Å². The van der Waals surface area contributed by atoms with Crippen molar-refractivity contribution in [1.82, 2.24) is 9.80 Å². The van der Waals surface area contributed by atoms with E-state index in [2.05, 4.69) is 11.2 Å². The lowest BCUT2D eigenvalue weighted by molar-refractivity contribution is -0.131. The van der Waals surface area contributed by atoms with E-state index >= 15 is 0 Å². The number of piperidine rings is 1. The van der Waals surface area contributed by atoms with Crippen LogP contribution in [-0.4, -0.2) is 66.5 Å². The van der Waals surface area contributed by atoms with E-state index in [9.17, 15) is 4.79 Å². The first-order valence-electron chi connectivity index (χ1n) is 7.96. The standard InChI is InChI=1S/C15H29N3OS/c1-20-10-6-14(16)15(19)18-9-5-13(12-18)11-17-7-3-2-4-8-17/h13-14H,2-12,16H2,1H3/t13?,14-/m0/s1. The Bertz CT molecular complexity index is 307. The molecule has 0 aliphatic carbocycles. The maximum atomic E-state index is 12.3. The van der Waals surface area contributed by atoms with Crippen molar-refractivity contribution in [2.45, 2.75) is 38.1 Å². The molecule has 2 aliphatic heterocycles. The Kier molecular flexibility index (Phi) is 6.65. The molecule has 2 fully saturated rings. The van der Waals surface area contributed by atoms with Crippen LogP contribution < -0.4 is 5.73 Å². The predicted octanol–water partition coefficient (Wildman–Crippen LogP) is 1.40. The highest BCUT2D eigenvalue weighted by atomic mass is 32.2. The van der Waals surface area contributed by atoms with Gasteiger partial charge in [-0.15, -0.1) is 0 Å². The van der Waals surface area contributed by atoms with Crippen LogP contribution in [0.2, 0.25) is 0 Å². The van der Waals surface area contributed by atoms with Gasteiger partial charge in [0.05, 0.1) is 6.04 Å². The van der Waals surface area contributed by atoms with Gasteiger partial charge in [0.15, 0.2) is 0 Å². The molecule has 4 nitrogen and oxygen atoms in total. The fourth-order valence-electron chi connectivity index (χ4n) is 3.29. The molecule has 0 saturated carbocycles. The molecular formula is C15H29N3OS. The zero-order valence-electron chi connectivity index (χ0n) is 12.7. The topological polar surface area (TPSA) is 49.6 Å². The summed E-state index contributed by atoms with van der Waals surface area (Å²) in [5.74, 6) is 1.79. The number of carbonyl (C=O) groups excluding carboxylic acids is 1. The van der Waals surface area contributed by atoms with E-state index in [1.54, 1.807) is 11.8 Å². The molecule has 0 aromatic carbocycles. The summed E-state index contributed by atoms with van der Waals surface area (Å²) < 4.78 is 0. The molecule has 0 spiro atoms. The van der Waals surface area contributed by atoms with Crippen LogP contribution >= 0.6 is 11.8 Å². The van der Waals surface area contributed by atoms with Crippen LogP contribution in [0.3, 0.4) is 0 Å². The lowest BCUT2D eigenvalue weighted by atomic mass is 10.1. The van der Waals surface area contributed by atoms with Gasteiger partial charge in [0.25, 0.3) is 0 Å². The first-order chi connectivity index (χ1) is 9.70. The molecule has 2 heterocycles. The molecule has 5 heteroatoms. The number of carbonyl (C=O) groups is 1. The fraction of sp³-hybridized carbons (Fsp3) is 0.933. The SMILES string of the molecule is CSCC[C@H](N)C(=O)N1CCC(CN2CCCCC2)C1. The summed E-state index contributed by atoms with van der Waals surface area (Å²) in [6, 6.07) is -0.295. The summed E-state index contributed by atoms with van der Waals surface area (Å²) in [6.45, 7) is 5.49. The van der Waals surface area contributed by atoms with Crippen LogP contribution in [0.25, 0.3) is 0 Å². The number of nitrogens with two attached hydrogens (primary N) is 1. The van der Waals surface area contributed by atoms with Gasteiger partial charge in [-0.2, -0.15) is 11.8 Å². The van der Waals surface area contributed by atoms with Crippen molar-refractivity contribution in [2.75, 3.05) is 44.7 Å². The maximum Gasteiger partial charge on any atom is 0.239 e. The van der Waals surface area contributed by atoms with E-state index in [0.717, 1.165) is 31.7 Å². The van der Waals surface area contributed by atoms with Gasteiger partial charge in [0.2, 0.25) is 5.91 Å². The maximum absolute atomic E-state index is 12.3. The first-order valence-corrected chi connectivity index (χ1v) is 9.35. The number of thioether (sulfide) groups is 1. The second-order valence-corrected chi connectivity index (χ2v) is 7.17. The summed E-state index contributed by atoms with van der Waals surface area (Å²) in [4.78, 5) is 16.8. The van der Waals surface area contributed by atoms with Crippen molar-refractivity contribution in [1.29, 1.82) is 0 Å². The molecule has 0 radical (unpaired) electrons. The zero-order valence-corrected chi connectivity index (χ0v) is 13.5. The van der Waals surface area contributed by atoms with Gasteiger partial charge >= 0.3 is 0 Å². The molecule has 2 rings (SSSR count). The number of rotatable bonds is 6. The van der Waals surface area contributed by atoms with Crippen molar-refractivity contribution < 1.29 is 4.79 Å². The molecule has 20 heavy (non-hydrogen) atoms. The van der Waals surface area contributed by atoms with Crippen LogP contribution in [0, 0.1) is 5.92 Å². The number of likely N-dealkylation sites (tertiary alicyclic amines) is 2. The zero-order chi connectivity index (χ0) is 14.4. The van der Waals surface area contributed by atoms with Crippen LogP contribution in [0.4, 0.5) is 0 Å². The van der Waals surface area contributed by atoms with Gasteiger partial charge < -0.3 is 15.5 Å².